The fourth-order valence-corrected chi connectivity index (χ4v) is 1.11. The molecule has 15 heavy (non-hydrogen) atoms. The van der Waals surface area contributed by atoms with Crippen molar-refractivity contribution in [3.05, 3.63) is 28.3 Å². The van der Waals surface area contributed by atoms with Crippen LogP contribution in [0.25, 0.3) is 0 Å². The summed E-state index contributed by atoms with van der Waals surface area (Å²) < 4.78 is 10.00. The Hall–Kier alpha value is -1.49. The topological polar surface area (TPSA) is 61.6 Å². The van der Waals surface area contributed by atoms with Crippen LogP contribution in [0, 0.1) is 10.1 Å². The van der Waals surface area contributed by atoms with Gasteiger partial charge >= 0.3 is 5.69 Å². The molecule has 0 radical (unpaired) electrons. The quantitative estimate of drug-likeness (QED) is 0.443. The standard InChI is InChI=1S/C9H10ClNO4/c1-14-7-2-3-9(15-5-4-10)8(6-7)11(12)13/h2-3,6H,4-5H2,1H3. The molecule has 0 saturated carbocycles. The van der Waals surface area contributed by atoms with Gasteiger partial charge in [0.15, 0.2) is 5.75 Å². The molecule has 0 aliphatic carbocycles. The van der Waals surface area contributed by atoms with Crippen LogP contribution in [0.15, 0.2) is 18.2 Å². The number of ether oxygens (including phenoxy) is 2. The smallest absolute Gasteiger partial charge is 0.314 e. The van der Waals surface area contributed by atoms with Gasteiger partial charge in [-0.1, -0.05) is 0 Å². The number of nitrogens with zero attached hydrogens (tertiary/aromatic N) is 1. The van der Waals surface area contributed by atoms with E-state index in [9.17, 15) is 10.1 Å². The summed E-state index contributed by atoms with van der Waals surface area (Å²) in [7, 11) is 1.44. The second-order valence-corrected chi connectivity index (χ2v) is 3.01. The first-order valence-corrected chi connectivity index (χ1v) is 4.73. The van der Waals surface area contributed by atoms with Gasteiger partial charge in [-0.05, 0) is 12.1 Å². The van der Waals surface area contributed by atoms with E-state index in [1.54, 1.807) is 6.07 Å². The monoisotopic (exact) mass is 231 g/mol. The van der Waals surface area contributed by atoms with Crippen LogP contribution in [0.1, 0.15) is 0 Å². The minimum atomic E-state index is -0.522. The first-order chi connectivity index (χ1) is 7.19. The molecule has 1 rings (SSSR count). The molecule has 5 nitrogen and oxygen atoms in total. The second kappa shape index (κ2) is 5.41. The molecule has 0 N–H and O–H groups in total. The lowest BCUT2D eigenvalue weighted by atomic mass is 10.3. The molecule has 0 unspecified atom stereocenters. The maximum Gasteiger partial charge on any atom is 0.314 e. The molecule has 82 valence electrons. The van der Waals surface area contributed by atoms with Crippen LogP contribution in [0.3, 0.4) is 0 Å². The van der Waals surface area contributed by atoms with Crippen LogP contribution in [0.5, 0.6) is 11.5 Å². The van der Waals surface area contributed by atoms with Gasteiger partial charge in [0.2, 0.25) is 0 Å². The van der Waals surface area contributed by atoms with Gasteiger partial charge in [-0.2, -0.15) is 0 Å². The number of nitro groups is 1. The van der Waals surface area contributed by atoms with E-state index < -0.39 is 4.92 Å². The Balaban J connectivity index is 2.98. The van der Waals surface area contributed by atoms with E-state index in [4.69, 9.17) is 21.1 Å². The van der Waals surface area contributed by atoms with E-state index >= 15 is 0 Å². The Kier molecular flexibility index (Phi) is 4.17. The molecule has 0 bridgehead atoms. The summed E-state index contributed by atoms with van der Waals surface area (Å²) in [5, 5.41) is 10.7. The average molecular weight is 232 g/mol. The van der Waals surface area contributed by atoms with E-state index in [2.05, 4.69) is 0 Å². The summed E-state index contributed by atoms with van der Waals surface area (Å²) in [5.74, 6) is 0.893. The third-order valence-electron chi connectivity index (χ3n) is 1.70. The van der Waals surface area contributed by atoms with E-state index in [0.29, 0.717) is 5.75 Å². The molecular formula is C9H10ClNO4. The first kappa shape index (κ1) is 11.6. The molecule has 1 aromatic carbocycles. The lowest BCUT2D eigenvalue weighted by Gasteiger charge is -2.06. The molecule has 0 atom stereocenters. The largest absolute Gasteiger partial charge is 0.496 e. The maximum absolute atomic E-state index is 10.7. The van der Waals surface area contributed by atoms with Crippen molar-refractivity contribution in [1.29, 1.82) is 0 Å². The Morgan fingerprint density at radius 3 is 2.80 bits per heavy atom. The third-order valence-corrected chi connectivity index (χ3v) is 1.85. The Bertz CT molecular complexity index is 356. The number of rotatable bonds is 5. The average Bonchev–Trinajstić information content (AvgIpc) is 2.26. The number of nitro benzene ring substituents is 1. The Morgan fingerprint density at radius 1 is 1.53 bits per heavy atom. The van der Waals surface area contributed by atoms with Crippen LogP contribution in [0.2, 0.25) is 0 Å². The molecule has 0 fully saturated rings. The van der Waals surface area contributed by atoms with Gasteiger partial charge in [-0.3, -0.25) is 10.1 Å². The summed E-state index contributed by atoms with van der Waals surface area (Å²) in [6, 6.07) is 4.39. The van der Waals surface area contributed by atoms with Gasteiger partial charge in [-0.15, -0.1) is 11.6 Å². The van der Waals surface area contributed by atoms with Crippen molar-refractivity contribution in [2.24, 2.45) is 0 Å². The van der Waals surface area contributed by atoms with Gasteiger partial charge in [0, 0.05) is 0 Å². The molecule has 0 amide bonds. The molecule has 0 heterocycles. The van der Waals surface area contributed by atoms with Gasteiger partial charge in [-0.25, -0.2) is 0 Å². The van der Waals surface area contributed by atoms with Crippen molar-refractivity contribution in [2.75, 3.05) is 19.6 Å². The second-order valence-electron chi connectivity index (χ2n) is 2.63. The summed E-state index contributed by atoms with van der Waals surface area (Å²) in [6.07, 6.45) is 0. The molecule has 0 saturated heterocycles. The van der Waals surface area contributed by atoms with Crippen molar-refractivity contribution in [3.8, 4) is 11.5 Å². The highest BCUT2D eigenvalue weighted by Gasteiger charge is 2.16. The highest BCUT2D eigenvalue weighted by atomic mass is 35.5. The van der Waals surface area contributed by atoms with E-state index in [1.165, 1.54) is 19.2 Å². The Morgan fingerprint density at radius 2 is 2.27 bits per heavy atom. The predicted octanol–water partition coefficient (Wildman–Crippen LogP) is 2.22. The predicted molar refractivity (Wildman–Crippen MR) is 55.9 cm³/mol. The van der Waals surface area contributed by atoms with Gasteiger partial charge < -0.3 is 9.47 Å². The number of benzene rings is 1. The fourth-order valence-electron chi connectivity index (χ4n) is 1.04. The molecular weight excluding hydrogens is 222 g/mol. The SMILES string of the molecule is COc1ccc(OCCCl)c([N+](=O)[O-])c1. The lowest BCUT2D eigenvalue weighted by Crippen LogP contribution is -2.01. The normalized spacial score (nSPS) is 9.73. The van der Waals surface area contributed by atoms with Crippen LogP contribution >= 0.6 is 11.6 Å². The third kappa shape index (κ3) is 2.99. The van der Waals surface area contributed by atoms with Crippen molar-refractivity contribution in [2.45, 2.75) is 0 Å². The summed E-state index contributed by atoms with van der Waals surface area (Å²) in [5.41, 5.74) is -0.125. The van der Waals surface area contributed by atoms with Crippen LogP contribution in [0.4, 0.5) is 5.69 Å². The van der Waals surface area contributed by atoms with E-state index in [-0.39, 0.29) is 23.9 Å². The van der Waals surface area contributed by atoms with Gasteiger partial charge in [0.1, 0.15) is 12.4 Å². The number of hydrogen-bond acceptors (Lipinski definition) is 4. The lowest BCUT2D eigenvalue weighted by molar-refractivity contribution is -0.385. The molecule has 0 aromatic heterocycles. The van der Waals surface area contributed by atoms with Crippen molar-refractivity contribution >= 4 is 17.3 Å². The number of alkyl halides is 1. The Labute approximate surface area is 91.7 Å². The van der Waals surface area contributed by atoms with Gasteiger partial charge in [0.05, 0.1) is 24.0 Å². The molecule has 0 aliphatic rings. The maximum atomic E-state index is 10.7. The zero-order chi connectivity index (χ0) is 11.3. The highest BCUT2D eigenvalue weighted by Crippen LogP contribution is 2.30. The summed E-state index contributed by atoms with van der Waals surface area (Å²) in [6.45, 7) is 0.231. The van der Waals surface area contributed by atoms with E-state index in [0.717, 1.165) is 0 Å². The van der Waals surface area contributed by atoms with Crippen molar-refractivity contribution < 1.29 is 14.4 Å². The van der Waals surface area contributed by atoms with Crippen LogP contribution in [-0.4, -0.2) is 24.5 Å². The fraction of sp³-hybridized carbons (Fsp3) is 0.333. The first-order valence-electron chi connectivity index (χ1n) is 4.20. The van der Waals surface area contributed by atoms with Crippen LogP contribution in [-0.2, 0) is 0 Å². The summed E-state index contributed by atoms with van der Waals surface area (Å²) in [4.78, 5) is 10.2. The minimum Gasteiger partial charge on any atom is -0.496 e. The zero-order valence-corrected chi connectivity index (χ0v) is 8.86. The molecule has 6 heteroatoms. The number of hydrogen-bond donors (Lipinski definition) is 0. The van der Waals surface area contributed by atoms with E-state index in [1.807, 2.05) is 0 Å². The number of methoxy groups -OCH3 is 1. The van der Waals surface area contributed by atoms with Crippen LogP contribution < -0.4 is 9.47 Å². The highest BCUT2D eigenvalue weighted by molar-refractivity contribution is 6.18. The molecule has 1 aromatic rings. The van der Waals surface area contributed by atoms with Gasteiger partial charge in [0.25, 0.3) is 0 Å². The molecule has 0 aliphatic heterocycles. The zero-order valence-electron chi connectivity index (χ0n) is 8.10. The number of halogens is 1. The van der Waals surface area contributed by atoms with Crippen molar-refractivity contribution in [1.82, 2.24) is 0 Å². The molecule has 0 spiro atoms. The van der Waals surface area contributed by atoms with Crippen molar-refractivity contribution in [3.63, 3.8) is 0 Å². The summed E-state index contributed by atoms with van der Waals surface area (Å²) >= 11 is 5.42. The minimum absolute atomic E-state index is 0.125.